The SMILES string of the molecule is Nc1ccc(S(=O)(=O)Nc2cnccc2Cl)c(Br)c1. The first-order valence-corrected chi connectivity index (χ1v) is 7.73. The van der Waals surface area contributed by atoms with Crippen LogP contribution in [0.2, 0.25) is 5.02 Å². The molecule has 0 spiro atoms. The van der Waals surface area contributed by atoms with Gasteiger partial charge in [-0.15, -0.1) is 0 Å². The van der Waals surface area contributed by atoms with E-state index < -0.39 is 10.0 Å². The number of anilines is 2. The Kier molecular flexibility index (Phi) is 3.98. The highest BCUT2D eigenvalue weighted by Crippen LogP contribution is 2.28. The molecular weight excluding hydrogens is 354 g/mol. The van der Waals surface area contributed by atoms with Crippen LogP contribution < -0.4 is 10.5 Å². The standard InChI is InChI=1S/C11H9BrClN3O2S/c12-8-5-7(14)1-2-11(8)19(17,18)16-10-6-15-4-3-9(10)13/h1-6,16H,14H2. The van der Waals surface area contributed by atoms with Crippen LogP contribution in [0.1, 0.15) is 0 Å². The number of nitrogens with zero attached hydrogens (tertiary/aromatic N) is 1. The van der Waals surface area contributed by atoms with Crippen molar-refractivity contribution in [2.24, 2.45) is 0 Å². The number of benzene rings is 1. The molecule has 2 aromatic rings. The molecule has 0 aliphatic carbocycles. The van der Waals surface area contributed by atoms with Gasteiger partial charge in [-0.05, 0) is 40.2 Å². The fraction of sp³-hybridized carbons (Fsp3) is 0. The maximum atomic E-state index is 12.2. The second kappa shape index (κ2) is 5.36. The molecule has 0 radical (unpaired) electrons. The number of nitrogens with two attached hydrogens (primary N) is 1. The summed E-state index contributed by atoms with van der Waals surface area (Å²) < 4.78 is 27.2. The molecule has 0 fully saturated rings. The summed E-state index contributed by atoms with van der Waals surface area (Å²) in [7, 11) is -3.76. The summed E-state index contributed by atoms with van der Waals surface area (Å²) in [6.45, 7) is 0. The average Bonchev–Trinajstić information content (AvgIpc) is 2.31. The maximum Gasteiger partial charge on any atom is 0.263 e. The number of rotatable bonds is 3. The van der Waals surface area contributed by atoms with Crippen LogP contribution in [0.25, 0.3) is 0 Å². The molecule has 19 heavy (non-hydrogen) atoms. The van der Waals surface area contributed by atoms with Gasteiger partial charge in [-0.2, -0.15) is 0 Å². The summed E-state index contributed by atoms with van der Waals surface area (Å²) in [6.07, 6.45) is 2.81. The van der Waals surface area contributed by atoms with Gasteiger partial charge in [0, 0.05) is 16.4 Å². The van der Waals surface area contributed by atoms with E-state index in [-0.39, 0.29) is 15.6 Å². The van der Waals surface area contributed by atoms with Crippen LogP contribution in [0.4, 0.5) is 11.4 Å². The Morgan fingerprint density at radius 1 is 1.32 bits per heavy atom. The van der Waals surface area contributed by atoms with Crippen molar-refractivity contribution in [1.29, 1.82) is 0 Å². The van der Waals surface area contributed by atoms with Gasteiger partial charge in [-0.25, -0.2) is 8.42 Å². The number of nitrogen functional groups attached to an aromatic ring is 1. The van der Waals surface area contributed by atoms with E-state index >= 15 is 0 Å². The first kappa shape index (κ1) is 14.1. The zero-order valence-corrected chi connectivity index (χ0v) is 12.6. The Morgan fingerprint density at radius 2 is 2.05 bits per heavy atom. The van der Waals surface area contributed by atoms with Crippen LogP contribution >= 0.6 is 27.5 Å². The molecular formula is C11H9BrClN3O2S. The van der Waals surface area contributed by atoms with Crippen LogP contribution in [0, 0.1) is 0 Å². The van der Waals surface area contributed by atoms with E-state index in [1.165, 1.54) is 36.7 Å². The Balaban J connectivity index is 2.41. The zero-order valence-electron chi connectivity index (χ0n) is 9.47. The lowest BCUT2D eigenvalue weighted by Crippen LogP contribution is -2.14. The summed E-state index contributed by atoms with van der Waals surface area (Å²) >= 11 is 9.05. The molecule has 0 unspecified atom stereocenters. The fourth-order valence-corrected chi connectivity index (χ4v) is 3.76. The molecule has 0 saturated heterocycles. The van der Waals surface area contributed by atoms with Crippen molar-refractivity contribution < 1.29 is 8.42 Å². The summed E-state index contributed by atoms with van der Waals surface area (Å²) in [6, 6.07) is 5.92. The Morgan fingerprint density at radius 3 is 2.68 bits per heavy atom. The lowest BCUT2D eigenvalue weighted by Gasteiger charge is -2.10. The van der Waals surface area contributed by atoms with Crippen molar-refractivity contribution in [2.45, 2.75) is 4.90 Å². The van der Waals surface area contributed by atoms with Gasteiger partial charge in [-0.1, -0.05) is 11.6 Å². The quantitative estimate of drug-likeness (QED) is 0.822. The van der Waals surface area contributed by atoms with Gasteiger partial charge >= 0.3 is 0 Å². The van der Waals surface area contributed by atoms with Crippen LogP contribution in [-0.4, -0.2) is 13.4 Å². The number of pyridine rings is 1. The molecule has 0 atom stereocenters. The van der Waals surface area contributed by atoms with Crippen LogP contribution in [0.3, 0.4) is 0 Å². The predicted molar refractivity (Wildman–Crippen MR) is 78.6 cm³/mol. The molecule has 2 rings (SSSR count). The van der Waals surface area contributed by atoms with Gasteiger partial charge in [-0.3, -0.25) is 9.71 Å². The van der Waals surface area contributed by atoms with Crippen molar-refractivity contribution in [3.8, 4) is 0 Å². The molecule has 5 nitrogen and oxygen atoms in total. The number of aromatic nitrogens is 1. The first-order chi connectivity index (χ1) is 8.90. The van der Waals surface area contributed by atoms with E-state index in [0.717, 1.165) is 0 Å². The third kappa shape index (κ3) is 3.17. The van der Waals surface area contributed by atoms with Crippen molar-refractivity contribution in [3.05, 3.63) is 46.2 Å². The van der Waals surface area contributed by atoms with Crippen molar-refractivity contribution in [2.75, 3.05) is 10.5 Å². The lowest BCUT2D eigenvalue weighted by molar-refractivity contribution is 0.601. The smallest absolute Gasteiger partial charge is 0.263 e. The maximum absolute atomic E-state index is 12.2. The molecule has 8 heteroatoms. The van der Waals surface area contributed by atoms with Gasteiger partial charge in [0.2, 0.25) is 0 Å². The van der Waals surface area contributed by atoms with Gasteiger partial charge < -0.3 is 5.73 Å². The fourth-order valence-electron chi connectivity index (χ4n) is 1.39. The third-order valence-electron chi connectivity index (χ3n) is 2.26. The van der Waals surface area contributed by atoms with Gasteiger partial charge in [0.1, 0.15) is 4.90 Å². The van der Waals surface area contributed by atoms with Crippen LogP contribution in [0.5, 0.6) is 0 Å². The Bertz CT molecular complexity index is 722. The Hall–Kier alpha value is -1.31. The zero-order chi connectivity index (χ0) is 14.0. The van der Waals surface area contributed by atoms with Gasteiger partial charge in [0.05, 0.1) is 16.9 Å². The van der Waals surface area contributed by atoms with E-state index in [9.17, 15) is 8.42 Å². The predicted octanol–water partition coefficient (Wildman–Crippen LogP) is 2.88. The molecule has 3 N–H and O–H groups in total. The summed E-state index contributed by atoms with van der Waals surface area (Å²) in [5.41, 5.74) is 6.25. The molecule has 1 heterocycles. The van der Waals surface area contributed by atoms with Crippen molar-refractivity contribution >= 4 is 48.9 Å². The number of sulfonamides is 1. The number of hydrogen-bond acceptors (Lipinski definition) is 4. The van der Waals surface area contributed by atoms with Crippen LogP contribution in [-0.2, 0) is 10.0 Å². The summed E-state index contributed by atoms with van der Waals surface area (Å²) in [5, 5.41) is 0.269. The van der Waals surface area contributed by atoms with Crippen molar-refractivity contribution in [1.82, 2.24) is 4.98 Å². The van der Waals surface area contributed by atoms with Gasteiger partial charge in [0.15, 0.2) is 0 Å². The average molecular weight is 363 g/mol. The summed E-state index contributed by atoms with van der Waals surface area (Å²) in [4.78, 5) is 3.89. The van der Waals surface area contributed by atoms with E-state index in [1.54, 1.807) is 0 Å². The molecule has 0 aliphatic heterocycles. The second-order valence-corrected chi connectivity index (χ2v) is 6.56. The van der Waals surface area contributed by atoms with Crippen molar-refractivity contribution in [3.63, 3.8) is 0 Å². The highest BCUT2D eigenvalue weighted by molar-refractivity contribution is 9.10. The minimum atomic E-state index is -3.76. The minimum absolute atomic E-state index is 0.0709. The lowest BCUT2D eigenvalue weighted by atomic mass is 10.3. The van der Waals surface area contributed by atoms with Gasteiger partial charge in [0.25, 0.3) is 10.0 Å². The first-order valence-electron chi connectivity index (χ1n) is 5.07. The molecule has 1 aromatic heterocycles. The molecule has 0 bridgehead atoms. The van der Waals surface area contributed by atoms with E-state index in [4.69, 9.17) is 17.3 Å². The molecule has 100 valence electrons. The van der Waals surface area contributed by atoms with E-state index in [2.05, 4.69) is 25.6 Å². The van der Waals surface area contributed by atoms with E-state index in [1.807, 2.05) is 0 Å². The third-order valence-corrected chi connectivity index (χ3v) is 4.93. The highest BCUT2D eigenvalue weighted by atomic mass is 79.9. The normalized spacial score (nSPS) is 11.3. The van der Waals surface area contributed by atoms with E-state index in [0.29, 0.717) is 10.2 Å². The topological polar surface area (TPSA) is 85.1 Å². The largest absolute Gasteiger partial charge is 0.399 e. The molecule has 0 amide bonds. The number of hydrogen-bond donors (Lipinski definition) is 2. The molecule has 0 aliphatic rings. The van der Waals surface area contributed by atoms with Crippen LogP contribution in [0.15, 0.2) is 46.0 Å². The number of nitrogens with one attached hydrogen (secondary N) is 1. The highest BCUT2D eigenvalue weighted by Gasteiger charge is 2.19. The molecule has 1 aromatic carbocycles. The minimum Gasteiger partial charge on any atom is -0.399 e. The Labute approximate surface area is 124 Å². The monoisotopic (exact) mass is 361 g/mol. The molecule has 0 saturated carbocycles. The number of halogens is 2. The second-order valence-electron chi connectivity index (χ2n) is 3.65. The summed E-state index contributed by atoms with van der Waals surface area (Å²) in [5.74, 6) is 0.